The lowest BCUT2D eigenvalue weighted by Gasteiger charge is -2.22. The van der Waals surface area contributed by atoms with Gasteiger partial charge in [-0.05, 0) is 43.2 Å². The second-order valence-corrected chi connectivity index (χ2v) is 7.57. The van der Waals surface area contributed by atoms with Gasteiger partial charge in [-0.25, -0.2) is 4.99 Å². The second-order valence-electron chi connectivity index (χ2n) is 7.14. The Kier molecular flexibility index (Phi) is 5.72. The molecule has 1 aromatic carbocycles. The topological polar surface area (TPSA) is 83.1 Å². The van der Waals surface area contributed by atoms with E-state index in [1.165, 1.54) is 0 Å². The molecule has 1 aliphatic rings. The van der Waals surface area contributed by atoms with Crippen LogP contribution in [-0.2, 0) is 7.05 Å². The van der Waals surface area contributed by atoms with Gasteiger partial charge in [0.25, 0.3) is 0 Å². The van der Waals surface area contributed by atoms with Crippen LogP contribution < -0.4 is 4.90 Å². The van der Waals surface area contributed by atoms with Crippen molar-refractivity contribution in [2.75, 3.05) is 11.4 Å². The molecule has 0 bridgehead atoms. The summed E-state index contributed by atoms with van der Waals surface area (Å²) < 4.78 is 1.95. The zero-order chi connectivity index (χ0) is 21.1. The molecule has 0 atom stereocenters. The highest BCUT2D eigenvalue weighted by molar-refractivity contribution is 6.31. The molecule has 1 aliphatic carbocycles. The van der Waals surface area contributed by atoms with Crippen LogP contribution in [0, 0.1) is 5.41 Å². The average Bonchev–Trinajstić information content (AvgIpc) is 3.53. The molecule has 152 valence electrons. The molecular weight excluding hydrogens is 398 g/mol. The number of allylic oxidation sites excluding steroid dienone is 1. The van der Waals surface area contributed by atoms with Crippen LogP contribution >= 0.6 is 11.6 Å². The second kappa shape index (κ2) is 8.59. The summed E-state index contributed by atoms with van der Waals surface area (Å²) in [5.41, 5.74) is 2.40. The number of amidine groups is 1. The Hall–Kier alpha value is -3.32. The highest BCUT2D eigenvalue weighted by Crippen LogP contribution is 2.32. The van der Waals surface area contributed by atoms with Crippen molar-refractivity contribution < 1.29 is 0 Å². The number of aliphatic imine (C=N–C) groups is 1. The van der Waals surface area contributed by atoms with Crippen LogP contribution in [0.15, 0.2) is 66.4 Å². The van der Waals surface area contributed by atoms with E-state index in [-0.39, 0.29) is 5.84 Å². The molecule has 3 aromatic rings. The van der Waals surface area contributed by atoms with Crippen LogP contribution in [0.2, 0.25) is 5.02 Å². The molecule has 7 nitrogen and oxygen atoms in total. The first-order valence-electron chi connectivity index (χ1n) is 9.67. The molecular formula is C22H22ClN7. The van der Waals surface area contributed by atoms with Crippen LogP contribution in [0.25, 0.3) is 11.4 Å². The Balaban J connectivity index is 1.58. The average molecular weight is 420 g/mol. The van der Waals surface area contributed by atoms with Gasteiger partial charge in [0.05, 0.1) is 12.3 Å². The third-order valence-electron chi connectivity index (χ3n) is 4.92. The standard InChI is InChI=1S/C22H22ClN7/c1-3-19(16-5-4-6-17(23)13-16)26-20(24)14-30(18-7-8-18)22-28-27-21(29(22)2)15-9-11-25-12-10-15/h3-6,9-13,18,24H,1,7-8,14H2,2H3/b24-20?,26-19+. The Labute approximate surface area is 180 Å². The number of nitrogens with one attached hydrogen (secondary N) is 1. The normalized spacial score (nSPS) is 13.9. The quantitative estimate of drug-likeness (QED) is 0.460. The minimum Gasteiger partial charge on any atom is -0.330 e. The van der Waals surface area contributed by atoms with Crippen LogP contribution in [-0.4, -0.2) is 43.9 Å². The van der Waals surface area contributed by atoms with E-state index in [4.69, 9.17) is 17.0 Å². The zero-order valence-electron chi connectivity index (χ0n) is 16.7. The summed E-state index contributed by atoms with van der Waals surface area (Å²) in [6.45, 7) is 4.18. The van der Waals surface area contributed by atoms with Crippen molar-refractivity contribution in [1.82, 2.24) is 19.7 Å². The van der Waals surface area contributed by atoms with Crippen molar-refractivity contribution in [1.29, 1.82) is 5.41 Å². The number of pyridine rings is 1. The minimum atomic E-state index is 0.227. The number of rotatable bonds is 7. The molecule has 0 amide bonds. The van der Waals surface area contributed by atoms with E-state index < -0.39 is 0 Å². The third kappa shape index (κ3) is 4.31. The van der Waals surface area contributed by atoms with Crippen LogP contribution in [0.5, 0.6) is 0 Å². The number of aromatic nitrogens is 4. The Bertz CT molecular complexity index is 1100. The maximum atomic E-state index is 8.49. The van der Waals surface area contributed by atoms with Crippen molar-refractivity contribution >= 4 is 29.1 Å². The van der Waals surface area contributed by atoms with Gasteiger partial charge in [0, 0.05) is 41.6 Å². The summed E-state index contributed by atoms with van der Waals surface area (Å²) in [4.78, 5) is 10.7. The highest BCUT2D eigenvalue weighted by atomic mass is 35.5. The van der Waals surface area contributed by atoms with E-state index in [1.807, 2.05) is 41.9 Å². The fourth-order valence-electron chi connectivity index (χ4n) is 3.29. The molecule has 1 N–H and O–H groups in total. The largest absolute Gasteiger partial charge is 0.330 e. The molecule has 8 heteroatoms. The van der Waals surface area contributed by atoms with Crippen molar-refractivity contribution in [2.45, 2.75) is 18.9 Å². The van der Waals surface area contributed by atoms with Crippen molar-refractivity contribution in [3.05, 3.63) is 72.0 Å². The fourth-order valence-corrected chi connectivity index (χ4v) is 3.48. The number of nitrogens with zero attached hydrogens (tertiary/aromatic N) is 6. The maximum absolute atomic E-state index is 8.49. The smallest absolute Gasteiger partial charge is 0.227 e. The van der Waals surface area contributed by atoms with Crippen LogP contribution in [0.3, 0.4) is 0 Å². The number of hydrogen-bond donors (Lipinski definition) is 1. The molecule has 0 unspecified atom stereocenters. The van der Waals surface area contributed by atoms with Gasteiger partial charge in [0.2, 0.25) is 5.95 Å². The fraction of sp³-hybridized carbons (Fsp3) is 0.227. The monoisotopic (exact) mass is 419 g/mol. The van der Waals surface area contributed by atoms with Gasteiger partial charge >= 0.3 is 0 Å². The molecule has 4 rings (SSSR count). The van der Waals surface area contributed by atoms with E-state index in [0.29, 0.717) is 23.3 Å². The lowest BCUT2D eigenvalue weighted by Crippen LogP contribution is -2.33. The van der Waals surface area contributed by atoms with Gasteiger partial charge in [-0.2, -0.15) is 0 Å². The molecule has 0 aliphatic heterocycles. The number of benzene rings is 1. The van der Waals surface area contributed by atoms with Gasteiger partial charge in [-0.3, -0.25) is 15.0 Å². The molecule has 0 spiro atoms. The molecule has 0 radical (unpaired) electrons. The highest BCUT2D eigenvalue weighted by Gasteiger charge is 2.33. The first kappa shape index (κ1) is 20.0. The molecule has 2 aromatic heterocycles. The Morgan fingerprint density at radius 1 is 1.30 bits per heavy atom. The van der Waals surface area contributed by atoms with E-state index in [1.54, 1.807) is 24.5 Å². The summed E-state index contributed by atoms with van der Waals surface area (Å²) in [5, 5.41) is 17.9. The molecule has 2 heterocycles. The van der Waals surface area contributed by atoms with E-state index in [0.717, 1.165) is 35.7 Å². The van der Waals surface area contributed by atoms with E-state index in [2.05, 4.69) is 31.7 Å². The SMILES string of the molecule is C=C/C(=N\C(=N)CN(c1nnc(-c2ccncc2)n1C)C1CC1)c1cccc(Cl)c1. The molecule has 0 saturated heterocycles. The molecule has 30 heavy (non-hydrogen) atoms. The summed E-state index contributed by atoms with van der Waals surface area (Å²) >= 11 is 6.09. The van der Waals surface area contributed by atoms with Gasteiger partial charge in [0.1, 0.15) is 5.84 Å². The van der Waals surface area contributed by atoms with Crippen molar-refractivity contribution in [3.63, 3.8) is 0 Å². The Morgan fingerprint density at radius 3 is 2.73 bits per heavy atom. The van der Waals surface area contributed by atoms with Crippen LogP contribution in [0.1, 0.15) is 18.4 Å². The van der Waals surface area contributed by atoms with E-state index >= 15 is 0 Å². The minimum absolute atomic E-state index is 0.227. The van der Waals surface area contributed by atoms with Gasteiger partial charge in [0.15, 0.2) is 5.82 Å². The first-order chi connectivity index (χ1) is 14.6. The predicted octanol–water partition coefficient (Wildman–Crippen LogP) is 4.15. The number of hydrogen-bond acceptors (Lipinski definition) is 5. The van der Waals surface area contributed by atoms with Crippen LogP contribution in [0.4, 0.5) is 5.95 Å². The molecule has 1 fully saturated rings. The maximum Gasteiger partial charge on any atom is 0.227 e. The Morgan fingerprint density at radius 2 is 2.07 bits per heavy atom. The van der Waals surface area contributed by atoms with Crippen molar-refractivity contribution in [2.24, 2.45) is 12.0 Å². The summed E-state index contributed by atoms with van der Waals surface area (Å²) in [6, 6.07) is 11.5. The summed E-state index contributed by atoms with van der Waals surface area (Å²) in [7, 11) is 1.94. The summed E-state index contributed by atoms with van der Waals surface area (Å²) in [6.07, 6.45) is 7.25. The lowest BCUT2D eigenvalue weighted by atomic mass is 10.1. The predicted molar refractivity (Wildman–Crippen MR) is 121 cm³/mol. The van der Waals surface area contributed by atoms with Gasteiger partial charge in [-0.15, -0.1) is 10.2 Å². The van der Waals surface area contributed by atoms with E-state index in [9.17, 15) is 0 Å². The first-order valence-corrected chi connectivity index (χ1v) is 10.1. The summed E-state index contributed by atoms with van der Waals surface area (Å²) in [5.74, 6) is 1.72. The zero-order valence-corrected chi connectivity index (χ0v) is 17.4. The number of halogens is 1. The van der Waals surface area contributed by atoms with Crippen molar-refractivity contribution in [3.8, 4) is 11.4 Å². The lowest BCUT2D eigenvalue weighted by molar-refractivity contribution is 0.779. The van der Waals surface area contributed by atoms with Gasteiger partial charge in [-0.1, -0.05) is 30.3 Å². The molecule has 1 saturated carbocycles. The van der Waals surface area contributed by atoms with Gasteiger partial charge < -0.3 is 4.90 Å². The third-order valence-corrected chi connectivity index (χ3v) is 5.16. The number of anilines is 1.